The molecule has 0 spiro atoms. The Bertz CT molecular complexity index is 1040. The van der Waals surface area contributed by atoms with Crippen LogP contribution in [0.25, 0.3) is 0 Å². The molecular formula is C24H32N2O5S. The molecule has 1 aliphatic heterocycles. The maximum Gasteiger partial charge on any atom is 0.243 e. The molecule has 1 heterocycles. The highest BCUT2D eigenvalue weighted by molar-refractivity contribution is 7.89. The lowest BCUT2D eigenvalue weighted by Crippen LogP contribution is -2.45. The zero-order valence-electron chi connectivity index (χ0n) is 19.1. The predicted octanol–water partition coefficient (Wildman–Crippen LogP) is 3.68. The van der Waals surface area contributed by atoms with Crippen molar-refractivity contribution in [2.45, 2.75) is 44.6 Å². The molecule has 0 radical (unpaired) electrons. The van der Waals surface area contributed by atoms with Crippen molar-refractivity contribution in [2.75, 3.05) is 26.8 Å². The molecule has 0 bridgehead atoms. The van der Waals surface area contributed by atoms with Gasteiger partial charge in [0.25, 0.3) is 0 Å². The van der Waals surface area contributed by atoms with Gasteiger partial charge in [0.2, 0.25) is 15.9 Å². The molecule has 1 N–H and O–H groups in total. The Morgan fingerprint density at radius 1 is 1.22 bits per heavy atom. The minimum absolute atomic E-state index is 0.129. The van der Waals surface area contributed by atoms with E-state index < -0.39 is 10.0 Å². The Morgan fingerprint density at radius 3 is 2.56 bits per heavy atom. The van der Waals surface area contributed by atoms with E-state index in [0.717, 1.165) is 16.9 Å². The number of aryl methyl sites for hydroxylation is 1. The molecule has 0 saturated carbocycles. The lowest BCUT2D eigenvalue weighted by Gasteiger charge is -2.32. The summed E-state index contributed by atoms with van der Waals surface area (Å²) in [7, 11) is -2.08. The van der Waals surface area contributed by atoms with E-state index in [0.29, 0.717) is 31.7 Å². The predicted molar refractivity (Wildman–Crippen MR) is 123 cm³/mol. The van der Waals surface area contributed by atoms with E-state index in [1.165, 1.54) is 4.31 Å². The van der Waals surface area contributed by atoms with Crippen molar-refractivity contribution < 1.29 is 22.7 Å². The van der Waals surface area contributed by atoms with Gasteiger partial charge in [-0.1, -0.05) is 12.1 Å². The van der Waals surface area contributed by atoms with Crippen LogP contribution in [0.4, 0.5) is 0 Å². The lowest BCUT2D eigenvalue weighted by molar-refractivity contribution is -0.126. The summed E-state index contributed by atoms with van der Waals surface area (Å²) in [6, 6.07) is 12.2. The number of hydrogen-bond acceptors (Lipinski definition) is 5. The SMILES string of the molecule is CCOc1ccc(S(=O)(=O)N2CCCC(C(=O)NC(C)c3ccc(OC)cc3)C2)cc1C. The highest BCUT2D eigenvalue weighted by Crippen LogP contribution is 2.28. The number of nitrogens with zero attached hydrogens (tertiary/aromatic N) is 1. The Morgan fingerprint density at radius 2 is 1.94 bits per heavy atom. The highest BCUT2D eigenvalue weighted by Gasteiger charge is 2.34. The van der Waals surface area contributed by atoms with Crippen molar-refractivity contribution in [3.8, 4) is 11.5 Å². The summed E-state index contributed by atoms with van der Waals surface area (Å²) in [5.41, 5.74) is 1.73. The third-order valence-electron chi connectivity index (χ3n) is 5.81. The highest BCUT2D eigenvalue weighted by atomic mass is 32.2. The molecule has 1 fully saturated rings. The van der Waals surface area contributed by atoms with Gasteiger partial charge >= 0.3 is 0 Å². The summed E-state index contributed by atoms with van der Waals surface area (Å²) >= 11 is 0. The quantitative estimate of drug-likeness (QED) is 0.650. The molecule has 3 rings (SSSR count). The number of hydrogen-bond donors (Lipinski definition) is 1. The van der Waals surface area contributed by atoms with E-state index in [9.17, 15) is 13.2 Å². The fourth-order valence-corrected chi connectivity index (χ4v) is 5.54. The summed E-state index contributed by atoms with van der Waals surface area (Å²) in [6.45, 7) is 6.74. The van der Waals surface area contributed by atoms with Gasteiger partial charge in [0, 0.05) is 13.1 Å². The van der Waals surface area contributed by atoms with Gasteiger partial charge in [-0.15, -0.1) is 0 Å². The van der Waals surface area contributed by atoms with Gasteiger partial charge in [-0.05, 0) is 75.1 Å². The number of benzene rings is 2. The fourth-order valence-electron chi connectivity index (χ4n) is 3.93. The van der Waals surface area contributed by atoms with Crippen molar-refractivity contribution in [3.63, 3.8) is 0 Å². The smallest absolute Gasteiger partial charge is 0.243 e. The molecule has 2 aromatic rings. The first-order chi connectivity index (χ1) is 15.3. The normalized spacial score (nSPS) is 18.1. The second-order valence-corrected chi connectivity index (χ2v) is 10.0. The van der Waals surface area contributed by atoms with Crippen molar-refractivity contribution in [3.05, 3.63) is 53.6 Å². The van der Waals surface area contributed by atoms with Gasteiger partial charge < -0.3 is 14.8 Å². The third-order valence-corrected chi connectivity index (χ3v) is 7.67. The zero-order valence-corrected chi connectivity index (χ0v) is 19.9. The van der Waals surface area contributed by atoms with Crippen molar-refractivity contribution in [2.24, 2.45) is 5.92 Å². The molecular weight excluding hydrogens is 428 g/mol. The number of rotatable bonds is 8. The van der Waals surface area contributed by atoms with Gasteiger partial charge in [-0.2, -0.15) is 4.31 Å². The molecule has 1 saturated heterocycles. The molecule has 0 aliphatic carbocycles. The van der Waals surface area contributed by atoms with Crippen molar-refractivity contribution in [1.29, 1.82) is 0 Å². The minimum Gasteiger partial charge on any atom is -0.497 e. The molecule has 2 unspecified atom stereocenters. The molecule has 174 valence electrons. The van der Waals surface area contributed by atoms with E-state index in [-0.39, 0.29) is 29.3 Å². The van der Waals surface area contributed by atoms with E-state index in [4.69, 9.17) is 9.47 Å². The average Bonchev–Trinajstić information content (AvgIpc) is 2.80. The van der Waals surface area contributed by atoms with E-state index in [2.05, 4.69) is 5.32 Å². The Labute approximate surface area is 190 Å². The van der Waals surface area contributed by atoms with Crippen LogP contribution in [0.1, 0.15) is 43.9 Å². The second-order valence-electron chi connectivity index (χ2n) is 8.07. The molecule has 32 heavy (non-hydrogen) atoms. The number of carbonyl (C=O) groups is 1. The van der Waals surface area contributed by atoms with Gasteiger partial charge in [0.1, 0.15) is 11.5 Å². The van der Waals surface area contributed by atoms with Crippen LogP contribution in [-0.4, -0.2) is 45.4 Å². The fraction of sp³-hybridized carbons (Fsp3) is 0.458. The maximum atomic E-state index is 13.2. The molecule has 1 amide bonds. The van der Waals surface area contributed by atoms with Crippen LogP contribution in [0.2, 0.25) is 0 Å². The van der Waals surface area contributed by atoms with Crippen LogP contribution >= 0.6 is 0 Å². The van der Waals surface area contributed by atoms with Gasteiger partial charge in [0.15, 0.2) is 0 Å². The van der Waals surface area contributed by atoms with Gasteiger partial charge in [-0.25, -0.2) is 8.42 Å². The number of ether oxygens (including phenoxy) is 2. The Hall–Kier alpha value is -2.58. The summed E-state index contributed by atoms with van der Waals surface area (Å²) in [5, 5.41) is 3.03. The molecule has 2 aromatic carbocycles. The summed E-state index contributed by atoms with van der Waals surface area (Å²) in [4.78, 5) is 13.1. The number of nitrogens with one attached hydrogen (secondary N) is 1. The second kappa shape index (κ2) is 10.4. The molecule has 8 heteroatoms. The van der Waals surface area contributed by atoms with Gasteiger partial charge in [0.05, 0.1) is 30.6 Å². The molecule has 1 aliphatic rings. The molecule has 0 aromatic heterocycles. The summed E-state index contributed by atoms with van der Waals surface area (Å²) in [6.07, 6.45) is 1.31. The zero-order chi connectivity index (χ0) is 23.3. The van der Waals surface area contributed by atoms with Crippen LogP contribution in [0.3, 0.4) is 0 Å². The van der Waals surface area contributed by atoms with Crippen LogP contribution in [0, 0.1) is 12.8 Å². The average molecular weight is 461 g/mol. The van der Waals surface area contributed by atoms with E-state index in [1.807, 2.05) is 45.0 Å². The maximum absolute atomic E-state index is 13.2. The number of amides is 1. The van der Waals surface area contributed by atoms with Crippen molar-refractivity contribution >= 4 is 15.9 Å². The first-order valence-corrected chi connectivity index (χ1v) is 12.4. The third kappa shape index (κ3) is 5.42. The first-order valence-electron chi connectivity index (χ1n) is 10.9. The number of sulfonamides is 1. The Kier molecular flexibility index (Phi) is 7.79. The first kappa shape index (κ1) is 24.1. The standard InChI is InChI=1S/C24H32N2O5S/c1-5-31-23-13-12-22(15-17(23)2)32(28,29)26-14-6-7-20(16-26)24(27)25-18(3)19-8-10-21(30-4)11-9-19/h8-13,15,18,20H,5-7,14,16H2,1-4H3,(H,25,27). The lowest BCUT2D eigenvalue weighted by atomic mass is 9.98. The monoisotopic (exact) mass is 460 g/mol. The van der Waals surface area contributed by atoms with E-state index in [1.54, 1.807) is 25.3 Å². The molecule has 7 nitrogen and oxygen atoms in total. The molecule has 2 atom stereocenters. The number of piperidine rings is 1. The summed E-state index contributed by atoms with van der Waals surface area (Å²) < 4.78 is 38.6. The largest absolute Gasteiger partial charge is 0.497 e. The van der Waals surface area contributed by atoms with Crippen molar-refractivity contribution in [1.82, 2.24) is 9.62 Å². The van der Waals surface area contributed by atoms with E-state index >= 15 is 0 Å². The van der Waals surface area contributed by atoms with Crippen LogP contribution in [0.15, 0.2) is 47.4 Å². The van der Waals surface area contributed by atoms with Crippen LogP contribution < -0.4 is 14.8 Å². The van der Waals surface area contributed by atoms with Gasteiger partial charge in [-0.3, -0.25) is 4.79 Å². The Balaban J connectivity index is 1.68. The van der Waals surface area contributed by atoms with Crippen LogP contribution in [0.5, 0.6) is 11.5 Å². The minimum atomic E-state index is -3.69. The number of carbonyl (C=O) groups excluding carboxylic acids is 1. The number of methoxy groups -OCH3 is 1. The summed E-state index contributed by atoms with van der Waals surface area (Å²) in [5.74, 6) is 0.916. The topological polar surface area (TPSA) is 84.9 Å². The van der Waals surface area contributed by atoms with Crippen LogP contribution in [-0.2, 0) is 14.8 Å².